The van der Waals surface area contributed by atoms with Crippen molar-refractivity contribution in [1.29, 1.82) is 0 Å². The second-order valence-corrected chi connectivity index (χ2v) is 7.18. The van der Waals surface area contributed by atoms with Gasteiger partial charge < -0.3 is 9.88 Å². The molecule has 26 heavy (non-hydrogen) atoms. The summed E-state index contributed by atoms with van der Waals surface area (Å²) >= 11 is 0. The molecule has 4 heteroatoms. The fraction of sp³-hybridized carbons (Fsp3) is 0.318. The second-order valence-electron chi connectivity index (χ2n) is 7.18. The average molecular weight is 346 g/mol. The van der Waals surface area contributed by atoms with Crippen molar-refractivity contribution in [2.45, 2.75) is 20.4 Å². The maximum atomic E-state index is 4.54. The quantitative estimate of drug-likeness (QED) is 0.775. The molecule has 3 aromatic rings. The van der Waals surface area contributed by atoms with Gasteiger partial charge in [0.25, 0.3) is 0 Å². The van der Waals surface area contributed by atoms with Crippen molar-refractivity contribution >= 4 is 5.69 Å². The summed E-state index contributed by atoms with van der Waals surface area (Å²) in [5, 5.41) is 0. The summed E-state index contributed by atoms with van der Waals surface area (Å²) in [5.41, 5.74) is 6.41. The molecule has 1 fully saturated rings. The van der Waals surface area contributed by atoms with Crippen LogP contribution in [-0.2, 0) is 6.54 Å². The highest BCUT2D eigenvalue weighted by molar-refractivity contribution is 5.55. The third-order valence-corrected chi connectivity index (χ3v) is 5.13. The molecule has 4 rings (SSSR count). The topological polar surface area (TPSA) is 35.2 Å². The SMILES string of the molecule is Cc1ccc(N2CCN(Cc3cnc(-c4ccccc4)[nH]3)CC2)c(C)c1. The number of anilines is 1. The van der Waals surface area contributed by atoms with Crippen LogP contribution in [0.4, 0.5) is 5.69 Å². The van der Waals surface area contributed by atoms with E-state index in [1.165, 1.54) is 22.5 Å². The van der Waals surface area contributed by atoms with Crippen molar-refractivity contribution < 1.29 is 0 Å². The summed E-state index contributed by atoms with van der Waals surface area (Å²) < 4.78 is 0. The number of rotatable bonds is 4. The summed E-state index contributed by atoms with van der Waals surface area (Å²) in [6.45, 7) is 9.60. The van der Waals surface area contributed by atoms with Gasteiger partial charge in [-0.05, 0) is 25.5 Å². The van der Waals surface area contributed by atoms with Gasteiger partial charge in [0.1, 0.15) is 5.82 Å². The number of hydrogen-bond donors (Lipinski definition) is 1. The van der Waals surface area contributed by atoms with Crippen molar-refractivity contribution in [2.24, 2.45) is 0 Å². The predicted octanol–water partition coefficient (Wildman–Crippen LogP) is 4.02. The maximum Gasteiger partial charge on any atom is 0.137 e. The van der Waals surface area contributed by atoms with Crippen molar-refractivity contribution in [3.8, 4) is 11.4 Å². The van der Waals surface area contributed by atoms with Crippen molar-refractivity contribution in [3.63, 3.8) is 0 Å². The summed E-state index contributed by atoms with van der Waals surface area (Å²) in [5.74, 6) is 0.953. The largest absolute Gasteiger partial charge is 0.369 e. The molecule has 0 aliphatic carbocycles. The van der Waals surface area contributed by atoms with Crippen LogP contribution in [0, 0.1) is 13.8 Å². The van der Waals surface area contributed by atoms with E-state index in [-0.39, 0.29) is 0 Å². The molecule has 1 saturated heterocycles. The Hall–Kier alpha value is -2.59. The normalized spacial score (nSPS) is 15.4. The Kier molecular flexibility index (Phi) is 4.76. The molecule has 1 N–H and O–H groups in total. The number of hydrogen-bond acceptors (Lipinski definition) is 3. The molecule has 0 bridgehead atoms. The van der Waals surface area contributed by atoms with Crippen LogP contribution >= 0.6 is 0 Å². The van der Waals surface area contributed by atoms with E-state index < -0.39 is 0 Å². The number of H-pyrrole nitrogens is 1. The number of nitrogens with zero attached hydrogens (tertiary/aromatic N) is 3. The Morgan fingerprint density at radius 2 is 1.73 bits per heavy atom. The average Bonchev–Trinajstić information content (AvgIpc) is 3.12. The molecule has 2 aromatic carbocycles. The second kappa shape index (κ2) is 7.34. The third-order valence-electron chi connectivity index (χ3n) is 5.13. The van der Waals surface area contributed by atoms with Crippen molar-refractivity contribution in [2.75, 3.05) is 31.1 Å². The summed E-state index contributed by atoms with van der Waals surface area (Å²) in [4.78, 5) is 13.0. The molecule has 2 heterocycles. The fourth-order valence-corrected chi connectivity index (χ4v) is 3.73. The van der Waals surface area contributed by atoms with Gasteiger partial charge in [-0.2, -0.15) is 0 Å². The molecule has 1 aromatic heterocycles. The molecule has 1 aliphatic heterocycles. The molecule has 134 valence electrons. The van der Waals surface area contributed by atoms with Crippen molar-refractivity contribution in [3.05, 3.63) is 71.5 Å². The summed E-state index contributed by atoms with van der Waals surface area (Å²) in [7, 11) is 0. The monoisotopic (exact) mass is 346 g/mol. The van der Waals surface area contributed by atoms with Gasteiger partial charge in [-0.1, -0.05) is 48.0 Å². The highest BCUT2D eigenvalue weighted by Crippen LogP contribution is 2.23. The minimum absolute atomic E-state index is 0.931. The van der Waals surface area contributed by atoms with E-state index in [0.717, 1.165) is 44.1 Å². The Labute approximate surface area is 155 Å². The highest BCUT2D eigenvalue weighted by atomic mass is 15.3. The predicted molar refractivity (Wildman–Crippen MR) is 107 cm³/mol. The Bertz CT molecular complexity index is 861. The van der Waals surface area contributed by atoms with E-state index in [4.69, 9.17) is 0 Å². The number of aromatic nitrogens is 2. The minimum Gasteiger partial charge on any atom is -0.369 e. The first-order valence-electron chi connectivity index (χ1n) is 9.33. The number of nitrogens with one attached hydrogen (secondary N) is 1. The van der Waals surface area contributed by atoms with Crippen LogP contribution in [0.3, 0.4) is 0 Å². The molecular weight excluding hydrogens is 320 g/mol. The third kappa shape index (κ3) is 3.65. The van der Waals surface area contributed by atoms with E-state index in [1.54, 1.807) is 0 Å². The van der Waals surface area contributed by atoms with Crippen LogP contribution in [0.2, 0.25) is 0 Å². The van der Waals surface area contributed by atoms with Gasteiger partial charge in [-0.3, -0.25) is 4.90 Å². The number of piperazine rings is 1. The first-order valence-corrected chi connectivity index (χ1v) is 9.33. The number of aromatic amines is 1. The maximum absolute atomic E-state index is 4.54. The van der Waals surface area contributed by atoms with Crippen LogP contribution in [0.15, 0.2) is 54.7 Å². The van der Waals surface area contributed by atoms with Gasteiger partial charge >= 0.3 is 0 Å². The van der Waals surface area contributed by atoms with E-state index in [0.29, 0.717) is 0 Å². The number of benzene rings is 2. The van der Waals surface area contributed by atoms with Gasteiger partial charge in [0.05, 0.1) is 0 Å². The van der Waals surface area contributed by atoms with Crippen LogP contribution in [0.5, 0.6) is 0 Å². The van der Waals surface area contributed by atoms with Gasteiger partial charge in [-0.25, -0.2) is 4.98 Å². The lowest BCUT2D eigenvalue weighted by Crippen LogP contribution is -2.46. The number of imidazole rings is 1. The first kappa shape index (κ1) is 16.9. The summed E-state index contributed by atoms with van der Waals surface area (Å²) in [6, 6.07) is 17.1. The molecule has 0 saturated carbocycles. The lowest BCUT2D eigenvalue weighted by atomic mass is 10.1. The zero-order chi connectivity index (χ0) is 17.9. The molecule has 0 spiro atoms. The molecule has 4 nitrogen and oxygen atoms in total. The Morgan fingerprint density at radius 3 is 2.46 bits per heavy atom. The zero-order valence-electron chi connectivity index (χ0n) is 15.6. The zero-order valence-corrected chi connectivity index (χ0v) is 15.6. The van der Waals surface area contributed by atoms with E-state index in [2.05, 4.69) is 63.9 Å². The smallest absolute Gasteiger partial charge is 0.137 e. The number of aryl methyl sites for hydroxylation is 2. The highest BCUT2D eigenvalue weighted by Gasteiger charge is 2.19. The molecular formula is C22H26N4. The molecule has 0 amide bonds. The van der Waals surface area contributed by atoms with E-state index >= 15 is 0 Å². The first-order chi connectivity index (χ1) is 12.7. The van der Waals surface area contributed by atoms with Crippen LogP contribution in [0.1, 0.15) is 16.8 Å². The van der Waals surface area contributed by atoms with Gasteiger partial charge in [-0.15, -0.1) is 0 Å². The Morgan fingerprint density at radius 1 is 0.962 bits per heavy atom. The van der Waals surface area contributed by atoms with Crippen LogP contribution in [-0.4, -0.2) is 41.0 Å². The van der Waals surface area contributed by atoms with Gasteiger partial charge in [0.15, 0.2) is 0 Å². The van der Waals surface area contributed by atoms with Crippen LogP contribution in [0.25, 0.3) is 11.4 Å². The van der Waals surface area contributed by atoms with Crippen molar-refractivity contribution in [1.82, 2.24) is 14.9 Å². The molecule has 1 aliphatic rings. The van der Waals surface area contributed by atoms with Gasteiger partial charge in [0, 0.05) is 55.9 Å². The molecule has 0 radical (unpaired) electrons. The molecule has 0 unspecified atom stereocenters. The van der Waals surface area contributed by atoms with E-state index in [9.17, 15) is 0 Å². The summed E-state index contributed by atoms with van der Waals surface area (Å²) in [6.07, 6.45) is 1.97. The standard InChI is InChI=1S/C22H26N4/c1-17-8-9-21(18(2)14-17)26-12-10-25(11-13-26)16-20-15-23-22(24-20)19-6-4-3-5-7-19/h3-9,14-15H,10-13,16H2,1-2H3,(H,23,24). The Balaban J connectivity index is 1.36. The van der Waals surface area contributed by atoms with Crippen LogP contribution < -0.4 is 4.90 Å². The van der Waals surface area contributed by atoms with E-state index in [1.807, 2.05) is 24.4 Å². The minimum atomic E-state index is 0.931. The van der Waals surface area contributed by atoms with Gasteiger partial charge in [0.2, 0.25) is 0 Å². The lowest BCUT2D eigenvalue weighted by Gasteiger charge is -2.36. The lowest BCUT2D eigenvalue weighted by molar-refractivity contribution is 0.247. The fourth-order valence-electron chi connectivity index (χ4n) is 3.73. The molecule has 0 atom stereocenters.